The number of amides is 2. The van der Waals surface area contributed by atoms with Crippen molar-refractivity contribution in [3.8, 4) is 0 Å². The van der Waals surface area contributed by atoms with Crippen molar-refractivity contribution in [2.45, 2.75) is 46.0 Å². The summed E-state index contributed by atoms with van der Waals surface area (Å²) in [5.41, 5.74) is 9.32. The molecule has 1 aliphatic heterocycles. The second-order valence-corrected chi connectivity index (χ2v) is 11.6. The number of rotatable bonds is 2. The van der Waals surface area contributed by atoms with E-state index in [2.05, 4.69) is 40.5 Å². The van der Waals surface area contributed by atoms with Gasteiger partial charge in [0.2, 0.25) is 0 Å². The van der Waals surface area contributed by atoms with Gasteiger partial charge < -0.3 is 16.4 Å². The van der Waals surface area contributed by atoms with Gasteiger partial charge in [0.15, 0.2) is 0 Å². The molecule has 8 nitrogen and oxygen atoms in total. The maximum atomic E-state index is 12.3. The first kappa shape index (κ1) is 25.8. The molecule has 3 aromatic heterocycles. The van der Waals surface area contributed by atoms with Crippen molar-refractivity contribution >= 4 is 44.9 Å². The van der Waals surface area contributed by atoms with Gasteiger partial charge in [-0.2, -0.15) is 0 Å². The number of benzene rings is 1. The van der Waals surface area contributed by atoms with Crippen molar-refractivity contribution in [3.05, 3.63) is 76.7 Å². The third kappa shape index (κ3) is 5.83. The second-order valence-electron chi connectivity index (χ2n) is 10.5. The number of nitrogens with two attached hydrogens (primary N) is 1. The van der Waals surface area contributed by atoms with Crippen LogP contribution in [-0.4, -0.2) is 33.3 Å². The number of carbonyl (C=O) groups is 2. The van der Waals surface area contributed by atoms with Gasteiger partial charge in [-0.25, -0.2) is 9.97 Å². The Kier molecular flexibility index (Phi) is 7.37. The molecule has 196 valence electrons. The van der Waals surface area contributed by atoms with Crippen LogP contribution in [0.15, 0.2) is 54.9 Å². The summed E-state index contributed by atoms with van der Waals surface area (Å²) in [5, 5.41) is 6.88. The summed E-state index contributed by atoms with van der Waals surface area (Å²) >= 11 is 1.52. The molecule has 4 aromatic rings. The maximum absolute atomic E-state index is 12.3. The van der Waals surface area contributed by atoms with Crippen LogP contribution < -0.4 is 16.4 Å². The lowest BCUT2D eigenvalue weighted by Gasteiger charge is -2.37. The number of fused-ring (bicyclic) bond motifs is 2. The number of pyridine rings is 1. The van der Waals surface area contributed by atoms with Crippen LogP contribution in [0, 0.1) is 11.3 Å². The largest absolute Gasteiger partial charge is 0.382 e. The van der Waals surface area contributed by atoms with E-state index in [-0.39, 0.29) is 23.3 Å². The zero-order chi connectivity index (χ0) is 26.7. The van der Waals surface area contributed by atoms with E-state index in [1.54, 1.807) is 12.1 Å². The number of aryl methyl sites for hydroxylation is 1. The van der Waals surface area contributed by atoms with Crippen LogP contribution in [0.25, 0.3) is 10.2 Å². The first-order valence-corrected chi connectivity index (χ1v) is 13.7. The number of nitrogens with zero attached hydrogens (tertiary/aromatic N) is 3. The third-order valence-electron chi connectivity index (χ3n) is 7.40. The Morgan fingerprint density at radius 2 is 1.97 bits per heavy atom. The Morgan fingerprint density at radius 1 is 1.16 bits per heavy atom. The molecule has 0 saturated carbocycles. The van der Waals surface area contributed by atoms with Gasteiger partial charge in [0, 0.05) is 23.3 Å². The lowest BCUT2D eigenvalue weighted by atomic mass is 9.68. The first-order valence-electron chi connectivity index (χ1n) is 12.9. The van der Waals surface area contributed by atoms with Crippen LogP contribution >= 0.6 is 11.3 Å². The Morgan fingerprint density at radius 3 is 2.76 bits per heavy atom. The molecule has 2 aliphatic rings. The van der Waals surface area contributed by atoms with Gasteiger partial charge in [0.1, 0.15) is 16.3 Å². The highest BCUT2D eigenvalue weighted by Crippen LogP contribution is 2.41. The molecular weight excluding hydrogens is 496 g/mol. The summed E-state index contributed by atoms with van der Waals surface area (Å²) in [6.07, 6.45) is 8.44. The SMILES string of the molecule is CC1(C)CCCNC(=O)c2cc3cc4c(nc3s2)CCC1C4.Nc1cncc(C(=O)Nc2ccccc2)n1. The molecule has 1 unspecified atom stereocenters. The summed E-state index contributed by atoms with van der Waals surface area (Å²) in [5.74, 6) is 0.664. The number of carbonyl (C=O) groups excluding carboxylic acids is 2. The van der Waals surface area contributed by atoms with Gasteiger partial charge in [-0.3, -0.25) is 14.6 Å². The Labute approximate surface area is 226 Å². The number of aromatic nitrogens is 3. The summed E-state index contributed by atoms with van der Waals surface area (Å²) in [6, 6.07) is 13.4. The van der Waals surface area contributed by atoms with Crippen LogP contribution in [0.4, 0.5) is 11.5 Å². The van der Waals surface area contributed by atoms with Crippen LogP contribution in [-0.2, 0) is 12.8 Å². The molecule has 9 heteroatoms. The van der Waals surface area contributed by atoms with E-state index in [1.807, 2.05) is 24.3 Å². The molecule has 38 heavy (non-hydrogen) atoms. The van der Waals surface area contributed by atoms with Crippen LogP contribution in [0.1, 0.15) is 64.5 Å². The molecule has 0 saturated heterocycles. The monoisotopic (exact) mass is 528 g/mol. The molecule has 1 aromatic carbocycles. The molecule has 0 spiro atoms. The first-order chi connectivity index (χ1) is 18.3. The summed E-state index contributed by atoms with van der Waals surface area (Å²) < 4.78 is 0. The minimum atomic E-state index is -0.328. The standard InChI is InChI=1S/C18H22N2OS.C11H10N4O/c1-18(2)6-3-7-19-16(21)15-10-12-8-11-9-13(18)4-5-14(11)20-17(12)22-15;12-10-7-13-6-9(15-10)11(16)14-8-4-2-1-3-5-8/h8,10,13H,3-7,9H2,1-2H3,(H,19,21);1-7H,(H2,12,15)(H,14,16). The normalized spacial score (nSPS) is 18.1. The molecule has 1 atom stereocenters. The average Bonchev–Trinajstić information content (AvgIpc) is 3.33. The molecular formula is C29H32N6O2S. The zero-order valence-corrected chi connectivity index (χ0v) is 22.5. The summed E-state index contributed by atoms with van der Waals surface area (Å²) in [4.78, 5) is 38.3. The molecule has 4 bridgehead atoms. The molecule has 0 fully saturated rings. The number of nitrogen functional groups attached to an aromatic ring is 1. The van der Waals surface area contributed by atoms with E-state index in [1.165, 1.54) is 41.4 Å². The highest BCUT2D eigenvalue weighted by atomic mass is 32.1. The highest BCUT2D eigenvalue weighted by Gasteiger charge is 2.33. The maximum Gasteiger partial charge on any atom is 0.275 e. The number of hydrogen-bond acceptors (Lipinski definition) is 7. The molecule has 2 amide bonds. The third-order valence-corrected chi connectivity index (χ3v) is 8.45. The van der Waals surface area contributed by atoms with E-state index in [4.69, 9.17) is 10.7 Å². The zero-order valence-electron chi connectivity index (χ0n) is 21.7. The van der Waals surface area contributed by atoms with Crippen LogP contribution in [0.2, 0.25) is 0 Å². The van der Waals surface area contributed by atoms with Crippen molar-refractivity contribution in [3.63, 3.8) is 0 Å². The van der Waals surface area contributed by atoms with Gasteiger partial charge in [-0.1, -0.05) is 32.0 Å². The molecule has 4 N–H and O–H groups in total. The smallest absolute Gasteiger partial charge is 0.275 e. The van der Waals surface area contributed by atoms with Crippen molar-refractivity contribution < 1.29 is 9.59 Å². The highest BCUT2D eigenvalue weighted by molar-refractivity contribution is 7.20. The minimum Gasteiger partial charge on any atom is -0.382 e. The van der Waals surface area contributed by atoms with Crippen molar-refractivity contribution in [2.24, 2.45) is 11.3 Å². The van der Waals surface area contributed by atoms with Crippen molar-refractivity contribution in [1.29, 1.82) is 0 Å². The average molecular weight is 529 g/mol. The predicted molar refractivity (Wildman–Crippen MR) is 151 cm³/mol. The molecule has 4 heterocycles. The number of thiophene rings is 1. The van der Waals surface area contributed by atoms with E-state index >= 15 is 0 Å². The number of anilines is 2. The van der Waals surface area contributed by atoms with Gasteiger partial charge in [-0.05, 0) is 73.3 Å². The summed E-state index contributed by atoms with van der Waals surface area (Å²) in [7, 11) is 0. The Hall–Kier alpha value is -3.85. The molecule has 0 radical (unpaired) electrons. The van der Waals surface area contributed by atoms with Gasteiger partial charge in [-0.15, -0.1) is 11.3 Å². The van der Waals surface area contributed by atoms with E-state index in [0.29, 0.717) is 17.0 Å². The minimum absolute atomic E-state index is 0.0526. The lowest BCUT2D eigenvalue weighted by molar-refractivity contribution is 0.0951. The quantitative estimate of drug-likeness (QED) is 0.326. The van der Waals surface area contributed by atoms with Crippen LogP contribution in [0.5, 0.6) is 0 Å². The molecule has 6 rings (SSSR count). The number of hydrogen-bond donors (Lipinski definition) is 3. The van der Waals surface area contributed by atoms with Crippen LogP contribution in [0.3, 0.4) is 0 Å². The van der Waals surface area contributed by atoms with E-state index in [9.17, 15) is 9.59 Å². The van der Waals surface area contributed by atoms with E-state index in [0.717, 1.165) is 47.3 Å². The lowest BCUT2D eigenvalue weighted by Crippen LogP contribution is -2.31. The fraction of sp³-hybridized carbons (Fsp3) is 0.345. The van der Waals surface area contributed by atoms with Crippen molar-refractivity contribution in [2.75, 3.05) is 17.6 Å². The van der Waals surface area contributed by atoms with E-state index < -0.39 is 0 Å². The Bertz CT molecular complexity index is 1470. The Balaban J connectivity index is 0.000000163. The van der Waals surface area contributed by atoms with Gasteiger partial charge in [0.05, 0.1) is 17.3 Å². The second kappa shape index (κ2) is 10.9. The number of nitrogens with one attached hydrogen (secondary N) is 2. The fourth-order valence-corrected chi connectivity index (χ4v) is 6.10. The number of para-hydroxylation sites is 1. The molecule has 1 aliphatic carbocycles. The summed E-state index contributed by atoms with van der Waals surface area (Å²) in [6.45, 7) is 5.54. The topological polar surface area (TPSA) is 123 Å². The van der Waals surface area contributed by atoms with Crippen molar-refractivity contribution in [1.82, 2.24) is 20.3 Å². The van der Waals surface area contributed by atoms with Gasteiger partial charge in [0.25, 0.3) is 11.8 Å². The fourth-order valence-electron chi connectivity index (χ4n) is 5.15. The predicted octanol–water partition coefficient (Wildman–Crippen LogP) is 5.26. The van der Waals surface area contributed by atoms with Gasteiger partial charge >= 0.3 is 0 Å².